The molecule has 0 bridgehead atoms. The molecule has 4 rings (SSSR count). The van der Waals surface area contributed by atoms with Gasteiger partial charge >= 0.3 is 11.9 Å². The Morgan fingerprint density at radius 2 is 1.51 bits per heavy atom. The van der Waals surface area contributed by atoms with Gasteiger partial charge in [-0.25, -0.2) is 0 Å². The topological polar surface area (TPSA) is 169 Å². The van der Waals surface area contributed by atoms with E-state index in [1.807, 2.05) is 12.1 Å². The Kier molecular flexibility index (Phi) is 15.0. The minimum absolute atomic E-state index is 0.0853. The van der Waals surface area contributed by atoms with Gasteiger partial charge in [0.25, 0.3) is 11.9 Å². The van der Waals surface area contributed by atoms with E-state index in [1.165, 1.54) is 19.4 Å². The molecule has 0 spiro atoms. The Bertz CT molecular complexity index is 1320. The first-order valence-electron chi connectivity index (χ1n) is 15.0. The number of esters is 2. The van der Waals surface area contributed by atoms with Crippen molar-refractivity contribution in [1.29, 1.82) is 5.26 Å². The lowest BCUT2D eigenvalue weighted by atomic mass is 9.90. The molecule has 45 heavy (non-hydrogen) atoms. The average molecular weight is 626 g/mol. The molecule has 2 aliphatic rings. The molecule has 2 N–H and O–H groups in total. The summed E-state index contributed by atoms with van der Waals surface area (Å²) in [6.07, 6.45) is 4.46. The van der Waals surface area contributed by atoms with Gasteiger partial charge in [0.15, 0.2) is 0 Å². The molecule has 244 valence electrons. The quantitative estimate of drug-likeness (QED) is 0.336. The normalized spacial score (nSPS) is 18.7. The van der Waals surface area contributed by atoms with E-state index in [2.05, 4.69) is 37.3 Å². The molecule has 1 saturated heterocycles. The number of nitriles is 1. The second kappa shape index (κ2) is 18.4. The number of carbonyl (C=O) groups is 4. The zero-order chi connectivity index (χ0) is 33.5. The summed E-state index contributed by atoms with van der Waals surface area (Å²) < 4.78 is 23.4. The van der Waals surface area contributed by atoms with E-state index in [1.54, 1.807) is 0 Å². The van der Waals surface area contributed by atoms with E-state index in [4.69, 9.17) is 38.7 Å². The van der Waals surface area contributed by atoms with Crippen LogP contribution in [0.3, 0.4) is 0 Å². The van der Waals surface area contributed by atoms with Crippen molar-refractivity contribution in [2.24, 2.45) is 0 Å². The Morgan fingerprint density at radius 1 is 0.911 bits per heavy atom. The smallest absolute Gasteiger partial charge is 0.302 e. The van der Waals surface area contributed by atoms with Crippen molar-refractivity contribution < 1.29 is 48.3 Å². The summed E-state index contributed by atoms with van der Waals surface area (Å²) in [7, 11) is 0. The second-order valence-corrected chi connectivity index (χ2v) is 11.0. The first-order chi connectivity index (χ1) is 21.3. The van der Waals surface area contributed by atoms with Crippen molar-refractivity contribution in [3.05, 3.63) is 64.2 Å². The van der Waals surface area contributed by atoms with Crippen LogP contribution >= 0.6 is 0 Å². The van der Waals surface area contributed by atoms with Gasteiger partial charge in [0.1, 0.15) is 24.5 Å². The van der Waals surface area contributed by atoms with E-state index in [0.29, 0.717) is 30.6 Å². The molecule has 0 radical (unpaired) electrons. The number of hydrogen-bond donors (Lipinski definition) is 2. The third-order valence-corrected chi connectivity index (χ3v) is 7.03. The van der Waals surface area contributed by atoms with Gasteiger partial charge in [-0.15, -0.1) is 0 Å². The highest BCUT2D eigenvalue weighted by Crippen LogP contribution is 2.38. The predicted molar refractivity (Wildman–Crippen MR) is 164 cm³/mol. The monoisotopic (exact) mass is 625 g/mol. The molecule has 3 atom stereocenters. The highest BCUT2D eigenvalue weighted by atomic mass is 16.6. The third kappa shape index (κ3) is 13.4. The van der Waals surface area contributed by atoms with Crippen LogP contribution in [0.4, 0.5) is 0 Å². The number of aliphatic carboxylic acids is 2. The van der Waals surface area contributed by atoms with E-state index >= 15 is 0 Å². The highest BCUT2D eigenvalue weighted by molar-refractivity contribution is 5.66. The number of aryl methyl sites for hydroxylation is 1. The lowest BCUT2D eigenvalue weighted by molar-refractivity contribution is -0.169. The summed E-state index contributed by atoms with van der Waals surface area (Å²) in [5.74, 6) is -1.85. The van der Waals surface area contributed by atoms with Gasteiger partial charge in [0.2, 0.25) is 0 Å². The van der Waals surface area contributed by atoms with Crippen molar-refractivity contribution in [3.8, 4) is 11.8 Å². The number of carbonyl (C=O) groups excluding carboxylic acids is 2. The maximum absolute atomic E-state index is 11.7. The number of ether oxygens (including phenoxy) is 4. The molecular formula is C34H43NO10. The van der Waals surface area contributed by atoms with Gasteiger partial charge in [-0.2, -0.15) is 5.26 Å². The van der Waals surface area contributed by atoms with Gasteiger partial charge < -0.3 is 29.2 Å². The fourth-order valence-corrected chi connectivity index (χ4v) is 4.86. The molecule has 1 saturated carbocycles. The van der Waals surface area contributed by atoms with Crippen LogP contribution in [0.1, 0.15) is 101 Å². The first kappa shape index (κ1) is 36.8. The minimum Gasteiger partial charge on any atom is -0.489 e. The Morgan fingerprint density at radius 3 is 2.00 bits per heavy atom. The van der Waals surface area contributed by atoms with Crippen LogP contribution in [-0.2, 0) is 46.2 Å². The molecule has 1 heterocycles. The van der Waals surface area contributed by atoms with Crippen molar-refractivity contribution >= 4 is 23.9 Å². The maximum Gasteiger partial charge on any atom is 0.302 e. The summed E-state index contributed by atoms with van der Waals surface area (Å²) >= 11 is 0. The first-order valence-corrected chi connectivity index (χ1v) is 15.0. The fourth-order valence-electron chi connectivity index (χ4n) is 4.86. The fraction of sp³-hybridized carbons (Fsp3) is 0.500. The zero-order valence-corrected chi connectivity index (χ0v) is 26.5. The molecule has 1 aliphatic carbocycles. The zero-order valence-electron chi connectivity index (χ0n) is 26.5. The second-order valence-electron chi connectivity index (χ2n) is 11.0. The van der Waals surface area contributed by atoms with Crippen LogP contribution in [0.15, 0.2) is 36.4 Å². The number of nitrogens with zero attached hydrogens (tertiary/aromatic N) is 1. The lowest BCUT2D eigenvalue weighted by Crippen LogP contribution is -2.37. The minimum atomic E-state index is -0.833. The Labute approximate surface area is 264 Å². The van der Waals surface area contributed by atoms with Crippen molar-refractivity contribution in [2.45, 2.75) is 104 Å². The van der Waals surface area contributed by atoms with E-state index < -0.39 is 24.1 Å². The molecule has 11 nitrogen and oxygen atoms in total. The van der Waals surface area contributed by atoms with Crippen LogP contribution < -0.4 is 4.74 Å². The van der Waals surface area contributed by atoms with Gasteiger partial charge in [0, 0.05) is 40.5 Å². The Hall–Kier alpha value is -4.43. The summed E-state index contributed by atoms with van der Waals surface area (Å²) in [5, 5.41) is 24.9. The van der Waals surface area contributed by atoms with Gasteiger partial charge in [0.05, 0.1) is 23.9 Å². The van der Waals surface area contributed by atoms with E-state index in [9.17, 15) is 14.9 Å². The maximum atomic E-state index is 11.7. The molecule has 2 aromatic carbocycles. The number of carboxylic acid groups (broad SMARTS) is 2. The summed E-state index contributed by atoms with van der Waals surface area (Å²) in [4.78, 5) is 41.1. The standard InChI is InChI=1S/C30H35NO6.2C2H4O2/c1-4-21-8-10-22(11-9-21)12-23-13-24(14-30(28(23)17-31)36-25-6-5-7-25)29-16-26(35-20(3)33)15-27(37-29)18-34-19(2)32;2*1-2(3)4/h8-11,13-14,25-27,29H,4-7,12,15-16,18H2,1-3H3;2*1H3,(H,3,4). The number of carboxylic acids is 2. The van der Waals surface area contributed by atoms with Crippen LogP contribution in [0, 0.1) is 11.3 Å². The van der Waals surface area contributed by atoms with Crippen LogP contribution in [-0.4, -0.2) is 59.0 Å². The summed E-state index contributed by atoms with van der Waals surface area (Å²) in [6, 6.07) is 14.7. The number of benzene rings is 2. The van der Waals surface area contributed by atoms with Crippen LogP contribution in [0.25, 0.3) is 0 Å². The third-order valence-electron chi connectivity index (χ3n) is 7.03. The van der Waals surface area contributed by atoms with E-state index in [-0.39, 0.29) is 30.8 Å². The average Bonchev–Trinajstić information content (AvgIpc) is 2.93. The van der Waals surface area contributed by atoms with E-state index in [0.717, 1.165) is 56.2 Å². The number of rotatable bonds is 9. The molecule has 2 aromatic rings. The van der Waals surface area contributed by atoms with Gasteiger partial charge in [-0.05, 0) is 60.4 Å². The largest absolute Gasteiger partial charge is 0.489 e. The van der Waals surface area contributed by atoms with Gasteiger partial charge in [-0.1, -0.05) is 37.3 Å². The molecule has 11 heteroatoms. The van der Waals surface area contributed by atoms with Crippen molar-refractivity contribution in [2.75, 3.05) is 6.61 Å². The SMILES string of the molecule is CC(=O)O.CC(=O)O.CCc1ccc(Cc2cc(C3CC(OC(C)=O)CC(COC(C)=O)O3)cc(OC3CCC3)c2C#N)cc1. The van der Waals surface area contributed by atoms with Gasteiger partial charge in [-0.3, -0.25) is 19.2 Å². The Balaban J connectivity index is 0.000000789. The number of hydrogen-bond acceptors (Lipinski definition) is 9. The molecule has 1 aliphatic heterocycles. The van der Waals surface area contributed by atoms with Crippen molar-refractivity contribution in [3.63, 3.8) is 0 Å². The molecule has 2 fully saturated rings. The molecule has 3 unspecified atom stereocenters. The van der Waals surface area contributed by atoms with Crippen LogP contribution in [0.2, 0.25) is 0 Å². The van der Waals surface area contributed by atoms with Crippen molar-refractivity contribution in [1.82, 2.24) is 0 Å². The molecular weight excluding hydrogens is 582 g/mol. The summed E-state index contributed by atoms with van der Waals surface area (Å²) in [6.45, 7) is 7.12. The highest BCUT2D eigenvalue weighted by Gasteiger charge is 2.34. The molecule has 0 amide bonds. The van der Waals surface area contributed by atoms with Crippen LogP contribution in [0.5, 0.6) is 5.75 Å². The summed E-state index contributed by atoms with van der Waals surface area (Å²) in [5.41, 5.74) is 4.64. The molecule has 0 aromatic heterocycles. The predicted octanol–water partition coefficient (Wildman–Crippen LogP) is 5.54. The lowest BCUT2D eigenvalue weighted by Gasteiger charge is -2.35.